The number of anilines is 2. The predicted molar refractivity (Wildman–Crippen MR) is 99.6 cm³/mol. The van der Waals surface area contributed by atoms with Crippen LogP contribution >= 0.6 is 0 Å². The number of nitrogens with zero attached hydrogens (tertiary/aromatic N) is 2. The number of carbonyl (C=O) groups excluding carboxylic acids is 1. The Bertz CT molecular complexity index is 638. The van der Waals surface area contributed by atoms with Crippen molar-refractivity contribution in [2.45, 2.75) is 12.5 Å². The molecule has 0 aliphatic heterocycles. The molecule has 1 atom stereocenters. The van der Waals surface area contributed by atoms with Gasteiger partial charge in [0.1, 0.15) is 5.82 Å². The molecule has 0 spiro atoms. The van der Waals surface area contributed by atoms with E-state index in [0.717, 1.165) is 17.2 Å². The molecule has 1 amide bonds. The quantitative estimate of drug-likeness (QED) is 0.819. The zero-order valence-electron chi connectivity index (χ0n) is 14.1. The van der Waals surface area contributed by atoms with Crippen LogP contribution in [0.5, 0.6) is 0 Å². The molecule has 126 valence electrons. The summed E-state index contributed by atoms with van der Waals surface area (Å²) in [5.41, 5.74) is 13.4. The Hall–Kier alpha value is -2.79. The maximum atomic E-state index is 11.2. The molecule has 1 unspecified atom stereocenters. The number of rotatable bonds is 7. The Morgan fingerprint density at radius 3 is 1.75 bits per heavy atom. The Morgan fingerprint density at radius 2 is 1.38 bits per heavy atom. The van der Waals surface area contributed by atoms with E-state index in [1.165, 1.54) is 0 Å². The first-order valence-corrected chi connectivity index (χ1v) is 7.82. The number of primary amides is 1. The van der Waals surface area contributed by atoms with Crippen LogP contribution in [-0.4, -0.2) is 26.0 Å². The Kier molecular flexibility index (Phi) is 5.98. The maximum Gasteiger partial charge on any atom is 0.219 e. The third kappa shape index (κ3) is 4.60. The average Bonchev–Trinajstić information content (AvgIpc) is 2.59. The van der Waals surface area contributed by atoms with Gasteiger partial charge in [-0.2, -0.15) is 0 Å². The first-order chi connectivity index (χ1) is 11.5. The predicted octanol–water partition coefficient (Wildman–Crippen LogP) is 2.30. The molecule has 2 aromatic carbocycles. The number of amides is 1. The van der Waals surface area contributed by atoms with Crippen molar-refractivity contribution in [3.63, 3.8) is 0 Å². The number of nitrogens with two attached hydrogens (primary N) is 2. The van der Waals surface area contributed by atoms with Crippen LogP contribution in [0.3, 0.4) is 0 Å². The van der Waals surface area contributed by atoms with E-state index in [-0.39, 0.29) is 6.42 Å². The van der Waals surface area contributed by atoms with Crippen molar-refractivity contribution in [2.24, 2.45) is 11.5 Å². The topological polar surface area (TPSA) is 75.6 Å². The van der Waals surface area contributed by atoms with Gasteiger partial charge in [0.25, 0.3) is 0 Å². The van der Waals surface area contributed by atoms with Crippen LogP contribution in [0.2, 0.25) is 0 Å². The van der Waals surface area contributed by atoms with Crippen molar-refractivity contribution in [2.75, 3.05) is 23.9 Å². The first kappa shape index (κ1) is 17.6. The van der Waals surface area contributed by atoms with Gasteiger partial charge >= 0.3 is 0 Å². The highest BCUT2D eigenvalue weighted by atomic mass is 16.1. The van der Waals surface area contributed by atoms with Crippen LogP contribution in [-0.2, 0) is 4.79 Å². The standard InChI is InChI=1S/C19H24N4O/c1-22(16-9-5-3-6-10-16)19(14-15(20)13-18(21)24)23(2)17-11-7-4-8-12-17/h3-12,14-15H,13,20H2,1-2H3,(H2,21,24). The van der Waals surface area contributed by atoms with Gasteiger partial charge in [-0.1, -0.05) is 36.4 Å². The second-order valence-corrected chi connectivity index (χ2v) is 5.65. The molecular weight excluding hydrogens is 300 g/mol. The number of hydrogen-bond donors (Lipinski definition) is 2. The maximum absolute atomic E-state index is 11.2. The lowest BCUT2D eigenvalue weighted by Gasteiger charge is -2.32. The highest BCUT2D eigenvalue weighted by Crippen LogP contribution is 2.23. The van der Waals surface area contributed by atoms with Crippen LogP contribution in [0, 0.1) is 0 Å². The van der Waals surface area contributed by atoms with Crippen LogP contribution in [0.25, 0.3) is 0 Å². The zero-order chi connectivity index (χ0) is 17.5. The molecule has 0 heterocycles. The Labute approximate surface area is 143 Å². The molecule has 4 N–H and O–H groups in total. The molecule has 5 nitrogen and oxygen atoms in total. The van der Waals surface area contributed by atoms with E-state index >= 15 is 0 Å². The summed E-state index contributed by atoms with van der Waals surface area (Å²) in [6.45, 7) is 0. The van der Waals surface area contributed by atoms with Gasteiger partial charge in [0, 0.05) is 37.9 Å². The van der Waals surface area contributed by atoms with Gasteiger partial charge in [-0.05, 0) is 30.3 Å². The van der Waals surface area contributed by atoms with Gasteiger partial charge < -0.3 is 21.3 Å². The minimum Gasteiger partial charge on any atom is -0.370 e. The van der Waals surface area contributed by atoms with Crippen molar-refractivity contribution in [3.05, 3.63) is 72.6 Å². The van der Waals surface area contributed by atoms with Crippen molar-refractivity contribution in [1.29, 1.82) is 0 Å². The molecule has 5 heteroatoms. The van der Waals surface area contributed by atoms with Gasteiger partial charge in [-0.25, -0.2) is 0 Å². The van der Waals surface area contributed by atoms with Crippen molar-refractivity contribution < 1.29 is 4.79 Å². The lowest BCUT2D eigenvalue weighted by Crippen LogP contribution is -2.34. The lowest BCUT2D eigenvalue weighted by molar-refractivity contribution is -0.118. The van der Waals surface area contributed by atoms with Gasteiger partial charge in [0.05, 0.1) is 0 Å². The van der Waals surface area contributed by atoms with Crippen LogP contribution in [0.4, 0.5) is 11.4 Å². The highest BCUT2D eigenvalue weighted by molar-refractivity contribution is 5.74. The minimum absolute atomic E-state index is 0.106. The molecule has 0 aliphatic carbocycles. The molecule has 24 heavy (non-hydrogen) atoms. The summed E-state index contributed by atoms with van der Waals surface area (Å²) in [7, 11) is 3.94. The van der Waals surface area contributed by atoms with Crippen molar-refractivity contribution >= 4 is 17.3 Å². The lowest BCUT2D eigenvalue weighted by atomic mass is 10.2. The number of benzene rings is 2. The van der Waals surface area contributed by atoms with Crippen LogP contribution in [0.15, 0.2) is 72.6 Å². The first-order valence-electron chi connectivity index (χ1n) is 7.82. The minimum atomic E-state index is -0.449. The molecule has 0 aromatic heterocycles. The summed E-state index contributed by atoms with van der Waals surface area (Å²) in [4.78, 5) is 15.2. The van der Waals surface area contributed by atoms with E-state index in [9.17, 15) is 4.79 Å². The second kappa shape index (κ2) is 8.17. The summed E-state index contributed by atoms with van der Waals surface area (Å²) in [5.74, 6) is 0.462. The normalized spacial score (nSPS) is 11.5. The SMILES string of the molecule is CN(C(=CC(N)CC(N)=O)N(C)c1ccccc1)c1ccccc1. The van der Waals surface area contributed by atoms with Crippen molar-refractivity contribution in [1.82, 2.24) is 0 Å². The summed E-state index contributed by atoms with van der Waals surface area (Å²) < 4.78 is 0. The highest BCUT2D eigenvalue weighted by Gasteiger charge is 2.16. The van der Waals surface area contributed by atoms with E-state index in [1.807, 2.05) is 90.6 Å². The zero-order valence-corrected chi connectivity index (χ0v) is 14.1. The van der Waals surface area contributed by atoms with E-state index in [1.54, 1.807) is 0 Å². The summed E-state index contributed by atoms with van der Waals surface area (Å²) in [6, 6.07) is 19.5. The molecule has 0 saturated heterocycles. The fourth-order valence-corrected chi connectivity index (χ4v) is 2.50. The smallest absolute Gasteiger partial charge is 0.219 e. The Balaban J connectivity index is 2.37. The van der Waals surface area contributed by atoms with E-state index in [0.29, 0.717) is 0 Å². The second-order valence-electron chi connectivity index (χ2n) is 5.65. The fourth-order valence-electron chi connectivity index (χ4n) is 2.50. The molecule has 0 fully saturated rings. The molecule has 0 radical (unpaired) electrons. The molecule has 2 rings (SSSR count). The van der Waals surface area contributed by atoms with Crippen LogP contribution in [0.1, 0.15) is 6.42 Å². The number of para-hydroxylation sites is 2. The van der Waals surface area contributed by atoms with E-state index in [4.69, 9.17) is 11.5 Å². The van der Waals surface area contributed by atoms with E-state index < -0.39 is 11.9 Å². The van der Waals surface area contributed by atoms with Crippen LogP contribution < -0.4 is 21.3 Å². The molecular formula is C19H24N4O. The van der Waals surface area contributed by atoms with Gasteiger partial charge in [0.15, 0.2) is 0 Å². The monoisotopic (exact) mass is 324 g/mol. The van der Waals surface area contributed by atoms with E-state index in [2.05, 4.69) is 0 Å². The summed E-state index contributed by atoms with van der Waals surface area (Å²) >= 11 is 0. The molecule has 2 aromatic rings. The summed E-state index contributed by atoms with van der Waals surface area (Å²) in [6.07, 6.45) is 1.97. The van der Waals surface area contributed by atoms with Crippen molar-refractivity contribution in [3.8, 4) is 0 Å². The fraction of sp³-hybridized carbons (Fsp3) is 0.211. The van der Waals surface area contributed by atoms with Gasteiger partial charge in [-0.15, -0.1) is 0 Å². The number of carbonyl (C=O) groups is 1. The largest absolute Gasteiger partial charge is 0.370 e. The third-order valence-corrected chi connectivity index (χ3v) is 3.77. The Morgan fingerprint density at radius 1 is 0.958 bits per heavy atom. The number of hydrogen-bond acceptors (Lipinski definition) is 4. The summed E-state index contributed by atoms with van der Waals surface area (Å²) in [5, 5.41) is 0. The third-order valence-electron chi connectivity index (χ3n) is 3.77. The molecule has 0 bridgehead atoms. The molecule has 0 aliphatic rings. The van der Waals surface area contributed by atoms with Gasteiger partial charge in [0.2, 0.25) is 5.91 Å². The van der Waals surface area contributed by atoms with Gasteiger partial charge in [-0.3, -0.25) is 4.79 Å². The average molecular weight is 324 g/mol. The molecule has 0 saturated carbocycles.